The van der Waals surface area contributed by atoms with Crippen LogP contribution in [0.5, 0.6) is 0 Å². The molecule has 3 heteroatoms. The summed E-state index contributed by atoms with van der Waals surface area (Å²) >= 11 is 3.49. The van der Waals surface area contributed by atoms with Crippen molar-refractivity contribution in [1.82, 2.24) is 5.32 Å². The van der Waals surface area contributed by atoms with Crippen molar-refractivity contribution in [3.8, 4) is 0 Å². The van der Waals surface area contributed by atoms with Crippen molar-refractivity contribution < 1.29 is 4.74 Å². The van der Waals surface area contributed by atoms with E-state index in [-0.39, 0.29) is 0 Å². The van der Waals surface area contributed by atoms with Crippen molar-refractivity contribution in [3.63, 3.8) is 0 Å². The van der Waals surface area contributed by atoms with Gasteiger partial charge in [-0.2, -0.15) is 0 Å². The molecule has 0 spiro atoms. The third kappa shape index (κ3) is 3.30. The summed E-state index contributed by atoms with van der Waals surface area (Å²) in [5.74, 6) is 0. The molecule has 1 aromatic rings. The molecule has 2 nitrogen and oxygen atoms in total. The number of benzene rings is 1. The molecule has 1 aromatic carbocycles. The van der Waals surface area contributed by atoms with Gasteiger partial charge >= 0.3 is 0 Å². The Morgan fingerprint density at radius 3 is 3.00 bits per heavy atom. The summed E-state index contributed by atoms with van der Waals surface area (Å²) in [5, 5.41) is 3.59. The largest absolute Gasteiger partial charge is 0.381 e. The van der Waals surface area contributed by atoms with E-state index in [4.69, 9.17) is 4.74 Å². The van der Waals surface area contributed by atoms with Gasteiger partial charge in [-0.3, -0.25) is 0 Å². The van der Waals surface area contributed by atoms with Gasteiger partial charge in [0.2, 0.25) is 0 Å². The average Bonchev–Trinajstić information content (AvgIpc) is 2.74. The van der Waals surface area contributed by atoms with E-state index in [1.165, 1.54) is 18.4 Å². The Hall–Kier alpha value is -0.380. The quantitative estimate of drug-likeness (QED) is 0.917. The molecule has 1 aliphatic rings. The van der Waals surface area contributed by atoms with Crippen LogP contribution in [-0.4, -0.2) is 19.3 Å². The molecule has 2 atom stereocenters. The number of hydrogen-bond acceptors (Lipinski definition) is 2. The smallest absolute Gasteiger partial charge is 0.0586 e. The third-order valence-electron chi connectivity index (χ3n) is 3.20. The highest BCUT2D eigenvalue weighted by Gasteiger charge is 2.23. The van der Waals surface area contributed by atoms with Crippen LogP contribution in [0.3, 0.4) is 0 Å². The molecule has 2 unspecified atom stereocenters. The molecule has 0 amide bonds. The molecule has 0 heterocycles. The SMILES string of the molecule is COC1CCC(NCc2cccc(Br)c2)C1. The lowest BCUT2D eigenvalue weighted by Crippen LogP contribution is -2.26. The molecule has 0 saturated heterocycles. The maximum Gasteiger partial charge on any atom is 0.0586 e. The Balaban J connectivity index is 1.80. The highest BCUT2D eigenvalue weighted by Crippen LogP contribution is 2.22. The van der Waals surface area contributed by atoms with Gasteiger partial charge in [0.25, 0.3) is 0 Å². The lowest BCUT2D eigenvalue weighted by Gasteiger charge is -2.12. The molecular weight excluding hydrogens is 266 g/mol. The summed E-state index contributed by atoms with van der Waals surface area (Å²) in [6, 6.07) is 9.06. The molecule has 16 heavy (non-hydrogen) atoms. The summed E-state index contributed by atoms with van der Waals surface area (Å²) in [5.41, 5.74) is 1.33. The van der Waals surface area contributed by atoms with Gasteiger partial charge in [0, 0.05) is 24.2 Å². The molecule has 1 fully saturated rings. The van der Waals surface area contributed by atoms with Crippen LogP contribution in [0.25, 0.3) is 0 Å². The van der Waals surface area contributed by atoms with E-state index in [9.17, 15) is 0 Å². The highest BCUT2D eigenvalue weighted by atomic mass is 79.9. The number of nitrogens with one attached hydrogen (secondary N) is 1. The lowest BCUT2D eigenvalue weighted by molar-refractivity contribution is 0.107. The first-order valence-electron chi connectivity index (χ1n) is 5.78. The molecule has 0 aromatic heterocycles. The second kappa shape index (κ2) is 5.80. The van der Waals surface area contributed by atoms with Gasteiger partial charge in [-0.05, 0) is 37.0 Å². The molecular formula is C13H18BrNO. The van der Waals surface area contributed by atoms with Crippen LogP contribution in [0.15, 0.2) is 28.7 Å². The minimum absolute atomic E-state index is 0.458. The van der Waals surface area contributed by atoms with Crippen LogP contribution in [0, 0.1) is 0 Å². The van der Waals surface area contributed by atoms with Crippen LogP contribution in [0.1, 0.15) is 24.8 Å². The zero-order valence-electron chi connectivity index (χ0n) is 9.58. The second-order valence-electron chi connectivity index (χ2n) is 4.38. The summed E-state index contributed by atoms with van der Waals surface area (Å²) in [6.45, 7) is 0.945. The van der Waals surface area contributed by atoms with Crippen LogP contribution >= 0.6 is 15.9 Å². The monoisotopic (exact) mass is 283 g/mol. The molecule has 1 saturated carbocycles. The predicted octanol–water partition coefficient (Wildman–Crippen LogP) is 3.11. The van der Waals surface area contributed by atoms with Gasteiger partial charge in [0.05, 0.1) is 6.10 Å². The van der Waals surface area contributed by atoms with Crippen LogP contribution in [0.4, 0.5) is 0 Å². The number of ether oxygens (including phenoxy) is 1. The minimum atomic E-state index is 0.458. The van der Waals surface area contributed by atoms with Crippen molar-refractivity contribution in [2.75, 3.05) is 7.11 Å². The minimum Gasteiger partial charge on any atom is -0.381 e. The van der Waals surface area contributed by atoms with Crippen molar-refractivity contribution >= 4 is 15.9 Å². The van der Waals surface area contributed by atoms with Gasteiger partial charge in [-0.25, -0.2) is 0 Å². The zero-order chi connectivity index (χ0) is 11.4. The first-order valence-corrected chi connectivity index (χ1v) is 6.58. The number of rotatable bonds is 4. The molecule has 0 bridgehead atoms. The topological polar surface area (TPSA) is 21.3 Å². The maximum absolute atomic E-state index is 5.37. The van der Waals surface area contributed by atoms with Crippen molar-refractivity contribution in [3.05, 3.63) is 34.3 Å². The Morgan fingerprint density at radius 1 is 1.44 bits per heavy atom. The standard InChI is InChI=1S/C13H18BrNO/c1-16-13-6-5-12(8-13)15-9-10-3-2-4-11(14)7-10/h2-4,7,12-13,15H,5-6,8-9H2,1H3. The first-order chi connectivity index (χ1) is 7.78. The Morgan fingerprint density at radius 2 is 2.31 bits per heavy atom. The Labute approximate surface area is 106 Å². The molecule has 0 radical (unpaired) electrons. The fourth-order valence-electron chi connectivity index (χ4n) is 2.25. The van der Waals surface area contributed by atoms with E-state index in [0.717, 1.165) is 17.4 Å². The molecule has 1 aliphatic carbocycles. The van der Waals surface area contributed by atoms with Gasteiger partial charge in [-0.15, -0.1) is 0 Å². The summed E-state index contributed by atoms with van der Waals surface area (Å²) < 4.78 is 6.51. The summed E-state index contributed by atoms with van der Waals surface area (Å²) in [7, 11) is 1.81. The van der Waals surface area contributed by atoms with Crippen molar-refractivity contribution in [2.24, 2.45) is 0 Å². The number of hydrogen-bond donors (Lipinski definition) is 1. The van der Waals surface area contributed by atoms with Crippen molar-refractivity contribution in [1.29, 1.82) is 0 Å². The van der Waals surface area contributed by atoms with Crippen LogP contribution in [-0.2, 0) is 11.3 Å². The molecule has 2 rings (SSSR count). The van der Waals surface area contributed by atoms with Gasteiger partial charge in [0.15, 0.2) is 0 Å². The number of halogens is 1. The van der Waals surface area contributed by atoms with E-state index in [2.05, 4.69) is 45.5 Å². The average molecular weight is 284 g/mol. The predicted molar refractivity (Wildman–Crippen MR) is 69.4 cm³/mol. The third-order valence-corrected chi connectivity index (χ3v) is 3.69. The summed E-state index contributed by atoms with van der Waals surface area (Å²) in [6.07, 6.45) is 4.02. The normalized spacial score (nSPS) is 24.9. The highest BCUT2D eigenvalue weighted by molar-refractivity contribution is 9.10. The second-order valence-corrected chi connectivity index (χ2v) is 5.29. The van der Waals surface area contributed by atoms with Crippen LogP contribution < -0.4 is 5.32 Å². The fourth-order valence-corrected chi connectivity index (χ4v) is 2.70. The van der Waals surface area contributed by atoms with E-state index < -0.39 is 0 Å². The molecule has 0 aliphatic heterocycles. The van der Waals surface area contributed by atoms with E-state index >= 15 is 0 Å². The zero-order valence-corrected chi connectivity index (χ0v) is 11.2. The Bertz CT molecular complexity index is 342. The van der Waals surface area contributed by atoms with E-state index in [1.54, 1.807) is 7.11 Å². The fraction of sp³-hybridized carbons (Fsp3) is 0.538. The van der Waals surface area contributed by atoms with E-state index in [0.29, 0.717) is 12.1 Å². The van der Waals surface area contributed by atoms with Gasteiger partial charge < -0.3 is 10.1 Å². The Kier molecular flexibility index (Phi) is 4.38. The van der Waals surface area contributed by atoms with E-state index in [1.807, 2.05) is 0 Å². The lowest BCUT2D eigenvalue weighted by atomic mass is 10.2. The number of methoxy groups -OCH3 is 1. The van der Waals surface area contributed by atoms with Crippen LogP contribution in [0.2, 0.25) is 0 Å². The first kappa shape index (κ1) is 12.1. The molecule has 1 N–H and O–H groups in total. The van der Waals surface area contributed by atoms with Gasteiger partial charge in [-0.1, -0.05) is 28.1 Å². The maximum atomic E-state index is 5.37. The van der Waals surface area contributed by atoms with Gasteiger partial charge in [0.1, 0.15) is 0 Å². The molecule has 88 valence electrons. The summed E-state index contributed by atoms with van der Waals surface area (Å²) in [4.78, 5) is 0. The van der Waals surface area contributed by atoms with Crippen molar-refractivity contribution in [2.45, 2.75) is 38.0 Å².